The van der Waals surface area contributed by atoms with Crippen molar-refractivity contribution >= 4 is 38.4 Å². The van der Waals surface area contributed by atoms with E-state index in [9.17, 15) is 4.79 Å². The topological polar surface area (TPSA) is 34.9 Å². The fourth-order valence-corrected chi connectivity index (χ4v) is 1.87. The van der Waals surface area contributed by atoms with E-state index in [1.165, 1.54) is 10.9 Å². The normalized spacial score (nSPS) is 10.6. The molecule has 0 fully saturated rings. The molecule has 0 saturated heterocycles. The summed E-state index contributed by atoms with van der Waals surface area (Å²) < 4.78 is 2.20. The monoisotopic (exact) mass is 298 g/mol. The van der Waals surface area contributed by atoms with E-state index < -0.39 is 0 Å². The molecule has 0 aliphatic carbocycles. The molecule has 0 aliphatic rings. The van der Waals surface area contributed by atoms with Crippen LogP contribution in [0.15, 0.2) is 40.4 Å². The molecule has 0 saturated carbocycles. The van der Waals surface area contributed by atoms with Gasteiger partial charge in [-0.2, -0.15) is 0 Å². The summed E-state index contributed by atoms with van der Waals surface area (Å²) in [6.45, 7) is 4.09. The Labute approximate surface area is 105 Å². The van der Waals surface area contributed by atoms with Gasteiger partial charge in [-0.05, 0) is 18.2 Å². The van der Waals surface area contributed by atoms with Crippen molar-refractivity contribution in [1.29, 1.82) is 0 Å². The first kappa shape index (κ1) is 11.4. The second-order valence-corrected chi connectivity index (χ2v) is 4.91. The van der Waals surface area contributed by atoms with Crippen LogP contribution in [-0.4, -0.2) is 9.55 Å². The van der Waals surface area contributed by atoms with Crippen molar-refractivity contribution in [3.8, 4) is 0 Å². The van der Waals surface area contributed by atoms with E-state index in [0.717, 1.165) is 4.48 Å². The Kier molecular flexibility index (Phi) is 3.12. The van der Waals surface area contributed by atoms with Crippen LogP contribution in [0.25, 0.3) is 10.9 Å². The molecule has 2 rings (SSSR count). The van der Waals surface area contributed by atoms with Crippen LogP contribution in [0.2, 0.25) is 5.02 Å². The Morgan fingerprint density at radius 2 is 2.31 bits per heavy atom. The zero-order valence-corrected chi connectivity index (χ0v) is 10.6. The predicted molar refractivity (Wildman–Crippen MR) is 69.1 cm³/mol. The summed E-state index contributed by atoms with van der Waals surface area (Å²) in [6, 6.07) is 5.07. The maximum atomic E-state index is 12.0. The van der Waals surface area contributed by atoms with Crippen molar-refractivity contribution in [2.75, 3.05) is 0 Å². The van der Waals surface area contributed by atoms with Gasteiger partial charge in [-0.25, -0.2) is 4.98 Å². The molecule has 0 radical (unpaired) electrons. The lowest BCUT2D eigenvalue weighted by Crippen LogP contribution is -2.20. The van der Waals surface area contributed by atoms with Gasteiger partial charge in [0.2, 0.25) is 0 Å². The van der Waals surface area contributed by atoms with E-state index in [1.807, 2.05) is 0 Å². The van der Waals surface area contributed by atoms with E-state index in [-0.39, 0.29) is 5.56 Å². The summed E-state index contributed by atoms with van der Waals surface area (Å²) in [5.74, 6) is 0. The lowest BCUT2D eigenvalue weighted by molar-refractivity contribution is 0.763. The van der Waals surface area contributed by atoms with Gasteiger partial charge in [0, 0.05) is 9.51 Å². The minimum absolute atomic E-state index is 0.117. The first-order valence-electron chi connectivity index (χ1n) is 4.56. The van der Waals surface area contributed by atoms with Crippen LogP contribution in [0.3, 0.4) is 0 Å². The number of hydrogen-bond donors (Lipinski definition) is 0. The van der Waals surface area contributed by atoms with Crippen molar-refractivity contribution < 1.29 is 0 Å². The zero-order valence-electron chi connectivity index (χ0n) is 8.28. The van der Waals surface area contributed by atoms with Gasteiger partial charge in [0.25, 0.3) is 5.56 Å². The summed E-state index contributed by atoms with van der Waals surface area (Å²) >= 11 is 9.06. The highest BCUT2D eigenvalue weighted by Gasteiger charge is 2.04. The molecule has 0 aliphatic heterocycles. The van der Waals surface area contributed by atoms with E-state index in [4.69, 9.17) is 11.6 Å². The van der Waals surface area contributed by atoms with Crippen molar-refractivity contribution in [2.45, 2.75) is 6.54 Å². The Hall–Kier alpha value is -1.13. The molecule has 0 atom stereocenters. The fraction of sp³-hybridized carbons (Fsp3) is 0.0909. The van der Waals surface area contributed by atoms with Crippen LogP contribution in [0.1, 0.15) is 0 Å². The molecule has 0 bridgehead atoms. The van der Waals surface area contributed by atoms with E-state index in [2.05, 4.69) is 27.5 Å². The molecule has 2 aromatic rings. The van der Waals surface area contributed by atoms with Crippen molar-refractivity contribution in [2.24, 2.45) is 0 Å². The predicted octanol–water partition coefficient (Wildman–Crippen LogP) is 2.96. The number of halogens is 2. The fourth-order valence-electron chi connectivity index (χ4n) is 1.43. The molecule has 0 spiro atoms. The maximum absolute atomic E-state index is 12.0. The lowest BCUT2D eigenvalue weighted by Gasteiger charge is -2.05. The first-order valence-corrected chi connectivity index (χ1v) is 5.73. The maximum Gasteiger partial charge on any atom is 0.261 e. The largest absolute Gasteiger partial charge is 0.294 e. The Morgan fingerprint density at radius 1 is 1.56 bits per heavy atom. The molecule has 0 unspecified atom stereocenters. The summed E-state index contributed by atoms with van der Waals surface area (Å²) in [4.78, 5) is 16.2. The highest BCUT2D eigenvalue weighted by atomic mass is 79.9. The van der Waals surface area contributed by atoms with Gasteiger partial charge in [-0.3, -0.25) is 9.36 Å². The minimum Gasteiger partial charge on any atom is -0.294 e. The Morgan fingerprint density at radius 3 is 3.00 bits per heavy atom. The molecule has 3 nitrogen and oxygen atoms in total. The van der Waals surface area contributed by atoms with E-state index in [1.54, 1.807) is 18.2 Å². The Balaban J connectivity index is 2.68. The van der Waals surface area contributed by atoms with Crippen LogP contribution >= 0.6 is 27.5 Å². The van der Waals surface area contributed by atoms with Crippen molar-refractivity contribution in [1.82, 2.24) is 9.55 Å². The Bertz CT molecular complexity index is 621. The minimum atomic E-state index is -0.117. The molecule has 82 valence electrons. The number of benzene rings is 1. The summed E-state index contributed by atoms with van der Waals surface area (Å²) in [6.07, 6.45) is 1.50. The van der Waals surface area contributed by atoms with E-state index in [0.29, 0.717) is 22.5 Å². The quantitative estimate of drug-likeness (QED) is 0.854. The molecule has 1 aromatic heterocycles. The first-order chi connectivity index (χ1) is 7.58. The number of aromatic nitrogens is 2. The standard InChI is InChI=1S/C11H8BrClN2O/c1-7(12)5-15-6-14-10-3-2-8(13)4-9(10)11(15)16/h2-4,6H,1,5H2. The molecular formula is C11H8BrClN2O. The third kappa shape index (κ3) is 2.18. The summed E-state index contributed by atoms with van der Waals surface area (Å²) in [5, 5.41) is 1.05. The zero-order chi connectivity index (χ0) is 11.7. The molecule has 0 amide bonds. The number of nitrogens with zero attached hydrogens (tertiary/aromatic N) is 2. The third-order valence-electron chi connectivity index (χ3n) is 2.13. The van der Waals surface area contributed by atoms with Gasteiger partial charge in [0.1, 0.15) is 0 Å². The highest BCUT2D eigenvalue weighted by molar-refractivity contribution is 9.11. The van der Waals surface area contributed by atoms with Gasteiger partial charge >= 0.3 is 0 Å². The average Bonchev–Trinajstić information content (AvgIpc) is 2.22. The average molecular weight is 300 g/mol. The van der Waals surface area contributed by atoms with Crippen molar-refractivity contribution in [3.05, 3.63) is 51.0 Å². The number of allylic oxidation sites excluding steroid dienone is 1. The van der Waals surface area contributed by atoms with Gasteiger partial charge in [0.15, 0.2) is 0 Å². The van der Waals surface area contributed by atoms with Crippen LogP contribution in [0.5, 0.6) is 0 Å². The third-order valence-corrected chi connectivity index (χ3v) is 2.61. The lowest BCUT2D eigenvalue weighted by atomic mass is 10.2. The van der Waals surface area contributed by atoms with Gasteiger partial charge < -0.3 is 0 Å². The van der Waals surface area contributed by atoms with Gasteiger partial charge in [-0.15, -0.1) is 0 Å². The second kappa shape index (κ2) is 4.39. The van der Waals surface area contributed by atoms with E-state index >= 15 is 0 Å². The van der Waals surface area contributed by atoms with Gasteiger partial charge in [-0.1, -0.05) is 34.1 Å². The number of hydrogen-bond acceptors (Lipinski definition) is 2. The second-order valence-electron chi connectivity index (χ2n) is 3.36. The van der Waals surface area contributed by atoms with Crippen LogP contribution < -0.4 is 5.56 Å². The molecular weight excluding hydrogens is 291 g/mol. The molecule has 1 heterocycles. The highest BCUT2D eigenvalue weighted by Crippen LogP contribution is 2.14. The van der Waals surface area contributed by atoms with Gasteiger partial charge in [0.05, 0.1) is 23.8 Å². The molecule has 1 aromatic carbocycles. The number of fused-ring (bicyclic) bond motifs is 1. The molecule has 16 heavy (non-hydrogen) atoms. The molecule has 5 heteroatoms. The van der Waals surface area contributed by atoms with Crippen LogP contribution in [0.4, 0.5) is 0 Å². The summed E-state index contributed by atoms with van der Waals surface area (Å²) in [5.41, 5.74) is 0.527. The van der Waals surface area contributed by atoms with Crippen molar-refractivity contribution in [3.63, 3.8) is 0 Å². The smallest absolute Gasteiger partial charge is 0.261 e. The number of rotatable bonds is 2. The summed E-state index contributed by atoms with van der Waals surface area (Å²) in [7, 11) is 0. The molecule has 0 N–H and O–H groups in total. The van der Waals surface area contributed by atoms with Crippen LogP contribution in [0, 0.1) is 0 Å². The SMILES string of the molecule is C=C(Br)Cn1cnc2ccc(Cl)cc2c1=O. The van der Waals surface area contributed by atoms with Crippen LogP contribution in [-0.2, 0) is 6.54 Å².